The first-order valence-electron chi connectivity index (χ1n) is 13.5. The molecule has 5 aromatic rings. The molecule has 9 nitrogen and oxygen atoms in total. The molecule has 1 fully saturated rings. The van der Waals surface area contributed by atoms with Gasteiger partial charge in [-0.2, -0.15) is 10.4 Å². The van der Waals surface area contributed by atoms with Crippen LogP contribution in [0.4, 0.5) is 11.5 Å². The molecule has 3 heterocycles. The highest BCUT2D eigenvalue weighted by atomic mass is 16.5. The summed E-state index contributed by atoms with van der Waals surface area (Å²) in [7, 11) is 3.27. The number of hydrogen-bond acceptors (Lipinski definition) is 8. The van der Waals surface area contributed by atoms with Crippen molar-refractivity contribution in [2.75, 3.05) is 37.9 Å². The van der Waals surface area contributed by atoms with Gasteiger partial charge in [-0.25, -0.2) is 9.50 Å². The number of anilines is 2. The molecule has 0 amide bonds. The second-order valence-corrected chi connectivity index (χ2v) is 9.86. The predicted molar refractivity (Wildman–Crippen MR) is 159 cm³/mol. The van der Waals surface area contributed by atoms with Crippen molar-refractivity contribution < 1.29 is 14.2 Å². The molecule has 1 saturated heterocycles. The fourth-order valence-electron chi connectivity index (χ4n) is 5.47. The molecule has 3 aromatic carbocycles. The minimum atomic E-state index is 0.389. The molecule has 41 heavy (non-hydrogen) atoms. The maximum Gasteiger partial charge on any atom is 0.169 e. The Bertz CT molecular complexity index is 1750. The number of methoxy groups -OCH3 is 2. The Labute approximate surface area is 238 Å². The zero-order valence-electron chi connectivity index (χ0n) is 23.0. The minimum absolute atomic E-state index is 0.389. The van der Waals surface area contributed by atoms with Crippen molar-refractivity contribution in [3.05, 3.63) is 78.6 Å². The van der Waals surface area contributed by atoms with Gasteiger partial charge in [-0.1, -0.05) is 12.1 Å². The third-order valence-electron chi connectivity index (χ3n) is 7.41. The summed E-state index contributed by atoms with van der Waals surface area (Å²) >= 11 is 0. The van der Waals surface area contributed by atoms with Crippen LogP contribution in [-0.2, 0) is 0 Å². The number of ether oxygens (including phenoxy) is 3. The third-order valence-corrected chi connectivity index (χ3v) is 7.41. The second kappa shape index (κ2) is 11.1. The molecular formula is C32H30N6O3. The summed E-state index contributed by atoms with van der Waals surface area (Å²) in [6.45, 7) is 1.85. The lowest BCUT2D eigenvalue weighted by Crippen LogP contribution is -2.30. The Balaban J connectivity index is 1.56. The number of fused-ring (bicyclic) bond motifs is 1. The van der Waals surface area contributed by atoms with E-state index in [1.54, 1.807) is 32.4 Å². The molecule has 0 spiro atoms. The van der Waals surface area contributed by atoms with E-state index in [4.69, 9.17) is 19.9 Å². The van der Waals surface area contributed by atoms with E-state index in [0.29, 0.717) is 28.6 Å². The van der Waals surface area contributed by atoms with Gasteiger partial charge >= 0.3 is 0 Å². The van der Waals surface area contributed by atoms with E-state index < -0.39 is 0 Å². The monoisotopic (exact) mass is 546 g/mol. The Morgan fingerprint density at radius 3 is 2.37 bits per heavy atom. The maximum absolute atomic E-state index is 9.28. The summed E-state index contributed by atoms with van der Waals surface area (Å²) in [4.78, 5) is 6.80. The number of nitrogens with zero attached hydrogens (tertiary/aromatic N) is 5. The summed E-state index contributed by atoms with van der Waals surface area (Å²) < 4.78 is 19.2. The van der Waals surface area contributed by atoms with Gasteiger partial charge in [0.2, 0.25) is 0 Å². The van der Waals surface area contributed by atoms with Crippen molar-refractivity contribution >= 4 is 17.0 Å². The van der Waals surface area contributed by atoms with Gasteiger partial charge < -0.3 is 24.8 Å². The molecule has 9 heteroatoms. The molecule has 0 unspecified atom stereocenters. The third kappa shape index (κ3) is 4.85. The van der Waals surface area contributed by atoms with E-state index in [0.717, 1.165) is 65.3 Å². The van der Waals surface area contributed by atoms with Gasteiger partial charge in [-0.15, -0.1) is 0 Å². The zero-order chi connectivity index (χ0) is 28.3. The zero-order valence-corrected chi connectivity index (χ0v) is 23.0. The van der Waals surface area contributed by atoms with Crippen LogP contribution in [0.15, 0.2) is 73.1 Å². The van der Waals surface area contributed by atoms with E-state index in [1.165, 1.54) is 12.7 Å². The number of benzene rings is 3. The van der Waals surface area contributed by atoms with E-state index in [9.17, 15) is 5.26 Å². The fourth-order valence-corrected chi connectivity index (χ4v) is 5.47. The number of rotatable bonds is 7. The Morgan fingerprint density at radius 2 is 1.63 bits per heavy atom. The summed E-state index contributed by atoms with van der Waals surface area (Å²) in [5, 5.41) is 14.0. The molecule has 6 rings (SSSR count). The van der Waals surface area contributed by atoms with Crippen LogP contribution >= 0.6 is 0 Å². The lowest BCUT2D eigenvalue weighted by Gasteiger charge is -2.30. The van der Waals surface area contributed by atoms with Crippen LogP contribution < -0.4 is 24.8 Å². The van der Waals surface area contributed by atoms with Crippen molar-refractivity contribution in [2.24, 2.45) is 0 Å². The van der Waals surface area contributed by atoms with Crippen LogP contribution in [0.2, 0.25) is 0 Å². The fraction of sp³-hybridized carbons (Fsp3) is 0.219. The van der Waals surface area contributed by atoms with Gasteiger partial charge in [-0.3, -0.25) is 0 Å². The van der Waals surface area contributed by atoms with Crippen LogP contribution in [-0.4, -0.2) is 41.9 Å². The summed E-state index contributed by atoms with van der Waals surface area (Å²) in [6.07, 6.45) is 4.90. The van der Waals surface area contributed by atoms with Crippen molar-refractivity contribution in [1.82, 2.24) is 14.6 Å². The SMILES string of the molecule is COc1ccc(-c2c(N3CCCCC3)c(-c3ccc(Oc4cccc(C#N)c4)c(OC)c3)c3c(N)ncnn23)cc1. The van der Waals surface area contributed by atoms with Gasteiger partial charge in [0.25, 0.3) is 0 Å². The number of nitrogen functional groups attached to an aromatic ring is 1. The first-order valence-corrected chi connectivity index (χ1v) is 13.5. The average Bonchev–Trinajstić information content (AvgIpc) is 3.38. The molecule has 1 aliphatic heterocycles. The van der Waals surface area contributed by atoms with E-state index in [-0.39, 0.29) is 0 Å². The summed E-state index contributed by atoms with van der Waals surface area (Å²) in [6, 6.07) is 23.0. The predicted octanol–water partition coefficient (Wildman–Crippen LogP) is 6.32. The molecular weight excluding hydrogens is 516 g/mol. The lowest BCUT2D eigenvalue weighted by molar-refractivity contribution is 0.379. The molecule has 2 aromatic heterocycles. The van der Waals surface area contributed by atoms with Crippen molar-refractivity contribution in [2.45, 2.75) is 19.3 Å². The molecule has 0 saturated carbocycles. The first kappa shape index (κ1) is 26.0. The van der Waals surface area contributed by atoms with Crippen LogP contribution in [0, 0.1) is 11.3 Å². The lowest BCUT2D eigenvalue weighted by atomic mass is 9.99. The first-order chi connectivity index (χ1) is 20.1. The average molecular weight is 547 g/mol. The molecule has 0 aliphatic carbocycles. The highest BCUT2D eigenvalue weighted by Gasteiger charge is 2.29. The van der Waals surface area contributed by atoms with Crippen LogP contribution in [0.1, 0.15) is 24.8 Å². The van der Waals surface area contributed by atoms with Crippen molar-refractivity contribution in [3.63, 3.8) is 0 Å². The Morgan fingerprint density at radius 1 is 0.854 bits per heavy atom. The standard InChI is InChI=1S/C32H30N6O3/c1-39-24-12-9-22(10-13-24)29-30(37-15-4-3-5-16-37)28(31-32(34)35-20-36-38(29)31)23-11-14-26(27(18-23)40-2)41-25-8-6-7-21(17-25)19-33/h6-14,17-18,20H,3-5,15-16H2,1-2H3,(H2,34,35,36). The number of hydrogen-bond donors (Lipinski definition) is 1. The summed E-state index contributed by atoms with van der Waals surface area (Å²) in [5.41, 5.74) is 12.7. The Hall–Kier alpha value is -5.23. The summed E-state index contributed by atoms with van der Waals surface area (Å²) in [5.74, 6) is 2.81. The van der Waals surface area contributed by atoms with Gasteiger partial charge in [-0.05, 0) is 79.4 Å². The minimum Gasteiger partial charge on any atom is -0.497 e. The van der Waals surface area contributed by atoms with Crippen LogP contribution in [0.25, 0.3) is 27.9 Å². The van der Waals surface area contributed by atoms with Gasteiger partial charge in [0.1, 0.15) is 23.3 Å². The van der Waals surface area contributed by atoms with Crippen molar-refractivity contribution in [1.29, 1.82) is 5.26 Å². The highest BCUT2D eigenvalue weighted by Crippen LogP contribution is 2.48. The van der Waals surface area contributed by atoms with Gasteiger partial charge in [0, 0.05) is 24.2 Å². The molecule has 0 bridgehead atoms. The molecule has 0 radical (unpaired) electrons. The highest BCUT2D eigenvalue weighted by molar-refractivity contribution is 6.04. The molecule has 2 N–H and O–H groups in total. The normalized spacial score (nSPS) is 13.1. The second-order valence-electron chi connectivity index (χ2n) is 9.86. The number of piperidine rings is 1. The van der Waals surface area contributed by atoms with Gasteiger partial charge in [0.05, 0.1) is 37.2 Å². The molecule has 0 atom stereocenters. The van der Waals surface area contributed by atoms with Crippen LogP contribution in [0.5, 0.6) is 23.0 Å². The molecule has 206 valence electrons. The largest absolute Gasteiger partial charge is 0.497 e. The topological polar surface area (TPSA) is 111 Å². The van der Waals surface area contributed by atoms with E-state index in [2.05, 4.69) is 21.1 Å². The number of nitrogens with two attached hydrogens (primary N) is 1. The quantitative estimate of drug-likeness (QED) is 0.253. The molecule has 1 aliphatic rings. The van der Waals surface area contributed by atoms with Crippen molar-refractivity contribution in [3.8, 4) is 51.5 Å². The smallest absolute Gasteiger partial charge is 0.169 e. The van der Waals surface area contributed by atoms with Crippen LogP contribution in [0.3, 0.4) is 0 Å². The Kier molecular flexibility index (Phi) is 7.04. The maximum atomic E-state index is 9.28. The van der Waals surface area contributed by atoms with Gasteiger partial charge in [0.15, 0.2) is 17.3 Å². The van der Waals surface area contributed by atoms with E-state index >= 15 is 0 Å². The van der Waals surface area contributed by atoms with E-state index in [1.807, 2.05) is 53.0 Å². The number of aromatic nitrogens is 3. The number of nitriles is 1.